The van der Waals surface area contributed by atoms with Crippen LogP contribution in [0.1, 0.15) is 373 Å². The topological polar surface area (TPSA) is 217 Å². The summed E-state index contributed by atoms with van der Waals surface area (Å²) in [6.45, 7) is 16.0. The zero-order chi connectivity index (χ0) is 97.4. The van der Waals surface area contributed by atoms with Crippen LogP contribution >= 0.6 is 68.4 Å². The number of hydrogen-bond donors (Lipinski definition) is 2. The number of unbranched alkanes of at least 4 members (excludes halogenated alkanes) is 30. The van der Waals surface area contributed by atoms with E-state index in [4.69, 9.17) is 57.1 Å². The number of alkyl halides is 2. The van der Waals surface area contributed by atoms with E-state index < -0.39 is 22.4 Å². The molecule has 0 spiro atoms. The lowest BCUT2D eigenvalue weighted by Gasteiger charge is -2.09. The molecule has 0 fully saturated rings. The van der Waals surface area contributed by atoms with Crippen molar-refractivity contribution in [3.05, 3.63) is 252 Å². The van der Waals surface area contributed by atoms with Crippen LogP contribution in [0.3, 0.4) is 0 Å². The minimum atomic E-state index is -0.525. The molecule has 0 unspecified atom stereocenters. The average Bonchev–Trinajstić information content (AvgIpc) is 0.910. The van der Waals surface area contributed by atoms with Crippen molar-refractivity contribution in [3.8, 4) is 34.5 Å². The van der Waals surface area contributed by atoms with E-state index in [2.05, 4.69) is 174 Å². The van der Waals surface area contributed by atoms with Crippen molar-refractivity contribution in [2.24, 2.45) is 0 Å². The third-order valence-corrected chi connectivity index (χ3v) is 21.8. The molecule has 20 heteroatoms. The van der Waals surface area contributed by atoms with Crippen LogP contribution in [0.25, 0.3) is 0 Å². The average molecular weight is 2090 g/mol. The van der Waals surface area contributed by atoms with E-state index >= 15 is 0 Å². The molecule has 0 aromatic heterocycles. The van der Waals surface area contributed by atoms with Crippen LogP contribution in [0, 0.1) is 0 Å². The second kappa shape index (κ2) is 96.0. The number of halogens is 4. The fraction of sp³-hybridized carbons (Fsp3) is 0.518. The molecule has 0 aliphatic carbocycles. The maximum Gasteiger partial charge on any atom is 0.341 e. The largest absolute Gasteiger partial charge is 0.508 e. The molecule has 6 aromatic carbocycles. The number of methoxy groups -OCH3 is 4. The number of carbonyl (C=O) groups is 6. The van der Waals surface area contributed by atoms with Gasteiger partial charge in [0.15, 0.2) is 0 Å². The highest BCUT2D eigenvalue weighted by Gasteiger charge is 2.14. The van der Waals surface area contributed by atoms with E-state index in [1.165, 1.54) is 292 Å². The van der Waals surface area contributed by atoms with E-state index in [9.17, 15) is 28.8 Å². The van der Waals surface area contributed by atoms with Crippen molar-refractivity contribution >= 4 is 103 Å². The molecular formula is C112H164Cl2I2O16. The van der Waals surface area contributed by atoms with Crippen molar-refractivity contribution in [1.29, 1.82) is 0 Å². The fourth-order valence-corrected chi connectivity index (χ4v) is 13.2. The van der Waals surface area contributed by atoms with E-state index in [1.807, 2.05) is 12.1 Å². The first-order valence-corrected chi connectivity index (χ1v) is 52.4. The Bertz CT molecular complexity index is 3910. The summed E-state index contributed by atoms with van der Waals surface area (Å²) in [5, 5.41) is 17.1. The number of phenols is 2. The molecule has 6 aromatic rings. The van der Waals surface area contributed by atoms with Crippen LogP contribution in [-0.2, 0) is 18.9 Å². The first-order chi connectivity index (χ1) is 64.4. The lowest BCUT2D eigenvalue weighted by molar-refractivity contribution is 0.0587. The summed E-state index contributed by atoms with van der Waals surface area (Å²) >= 11 is 15.8. The van der Waals surface area contributed by atoms with Crippen molar-refractivity contribution in [2.75, 3.05) is 63.7 Å². The van der Waals surface area contributed by atoms with Gasteiger partial charge in [-0.3, -0.25) is 9.59 Å². The summed E-state index contributed by atoms with van der Waals surface area (Å²) in [5.41, 5.74) is 2.58. The SMILES string of the molecule is CCCCCC/C=C\CCCI.CCCCCC/C=C\CCCI.CCCCCC/C=C\CCCOc1ccc(C(=O)Cl)cc1.CCCCCC/C=C\CCCOc1ccc(C(=O)OC)cc1.CCCCCC/C=C\CCCOc1ccccc1C(=O)Cl.CCCCCC/C=C\CCCOc1ccccc1C(=O)OC.COC(=O)c1ccc(O)cc1.COC(=O)c1ccccc1O. The monoisotopic (exact) mass is 2090 g/mol. The summed E-state index contributed by atoms with van der Waals surface area (Å²) in [4.78, 5) is 66.7. The minimum Gasteiger partial charge on any atom is -0.508 e. The van der Waals surface area contributed by atoms with Gasteiger partial charge in [-0.15, -0.1) is 0 Å². The molecule has 0 aliphatic rings. The lowest BCUT2D eigenvalue weighted by Crippen LogP contribution is -2.06. The third-order valence-electron chi connectivity index (χ3n) is 19.8. The Hall–Kier alpha value is -8.18. The van der Waals surface area contributed by atoms with Gasteiger partial charge in [0.25, 0.3) is 10.5 Å². The second-order valence-electron chi connectivity index (χ2n) is 31.2. The molecule has 0 saturated carbocycles. The Balaban J connectivity index is 0. The smallest absolute Gasteiger partial charge is 0.341 e. The normalized spacial score (nSPS) is 10.7. The lowest BCUT2D eigenvalue weighted by atomic mass is 10.1. The number of allylic oxidation sites excluding steroid dienone is 12. The molecule has 132 heavy (non-hydrogen) atoms. The number of esters is 4. The van der Waals surface area contributed by atoms with Gasteiger partial charge in [0, 0.05) is 5.56 Å². The predicted octanol–water partition coefficient (Wildman–Crippen LogP) is 33.6. The van der Waals surface area contributed by atoms with Crippen molar-refractivity contribution in [1.82, 2.24) is 0 Å². The number of hydrogen-bond acceptors (Lipinski definition) is 16. The Kier molecular flexibility index (Phi) is 91.5. The highest BCUT2D eigenvalue weighted by atomic mass is 127. The molecule has 0 amide bonds. The Morgan fingerprint density at radius 1 is 0.265 bits per heavy atom. The molecule has 0 bridgehead atoms. The molecule has 736 valence electrons. The molecule has 0 atom stereocenters. The number of benzene rings is 6. The van der Waals surface area contributed by atoms with E-state index in [0.717, 1.165) is 62.9 Å². The molecule has 0 aliphatic heterocycles. The van der Waals surface area contributed by atoms with Gasteiger partial charge in [-0.25, -0.2) is 19.2 Å². The highest BCUT2D eigenvalue weighted by molar-refractivity contribution is 14.1. The van der Waals surface area contributed by atoms with Crippen LogP contribution < -0.4 is 18.9 Å². The van der Waals surface area contributed by atoms with E-state index in [0.29, 0.717) is 65.7 Å². The highest BCUT2D eigenvalue weighted by Crippen LogP contribution is 2.24. The quantitative estimate of drug-likeness (QED) is 0.00690. The van der Waals surface area contributed by atoms with Crippen molar-refractivity contribution < 1.29 is 76.9 Å². The molecule has 0 heterocycles. The number of carbonyl (C=O) groups excluding carboxylic acids is 6. The summed E-state index contributed by atoms with van der Waals surface area (Å²) in [7, 11) is 5.35. The van der Waals surface area contributed by atoms with Crippen LogP contribution in [0.15, 0.2) is 219 Å². The standard InChI is InChI=1S/2C19H28O3.2C18H25ClO2.2C11H21I.2C8H8O3/c1-3-4-5-6-7-8-9-10-13-16-22-18-15-12-11-14-17(18)19(20)21-2;1-3-4-5-6-7-8-9-10-11-16-22-18-14-12-17(13-15-18)19(20)21-2;1-2-3-4-5-6-7-8-9-12-15-21-17-14-11-10-13-16(17)18(19)20;1-2-3-4-5-6-7-8-9-10-15-21-17-13-11-16(12-14-17)18(19)20;2*1-2-3-4-5-6-7-8-9-10-11-12;1-11-8(10)6-2-4-7(9)5-3-6;1-11-8(10)6-4-2-3-5-7(6)9/h8-9,11-12,14-15H,3-7,10,13,16H2,1-2H3;8-9,12-15H,3-7,10-11,16H2,1-2H3;7-8,10-11,13-14H,2-6,9,12,15H2,1H3;7-8,11-14H,2-6,9-10,15H2,1H3;2*7-8H,2-6,9-11H2,1H3;2*2-5,9H,1H3/b2*9-8-;4*8-7-;;. The van der Waals surface area contributed by atoms with Crippen LogP contribution in [0.5, 0.6) is 34.5 Å². The summed E-state index contributed by atoms with van der Waals surface area (Å²) in [6.07, 6.45) is 80.0. The van der Waals surface area contributed by atoms with Gasteiger partial charge in [0.05, 0.1) is 71.6 Å². The van der Waals surface area contributed by atoms with E-state index in [-0.39, 0.29) is 29.0 Å². The van der Waals surface area contributed by atoms with Gasteiger partial charge in [-0.2, -0.15) is 0 Å². The van der Waals surface area contributed by atoms with Crippen molar-refractivity contribution in [2.45, 2.75) is 311 Å². The number of ether oxygens (including phenoxy) is 8. The zero-order valence-corrected chi connectivity index (χ0v) is 87.7. The molecule has 0 saturated heterocycles. The van der Waals surface area contributed by atoms with Crippen LogP contribution in [0.4, 0.5) is 0 Å². The number of rotatable bonds is 62. The molecule has 0 radical (unpaired) electrons. The summed E-state index contributed by atoms with van der Waals surface area (Å²) in [5.74, 6) is 1.21. The van der Waals surface area contributed by atoms with Gasteiger partial charge in [0.1, 0.15) is 45.6 Å². The Labute approximate surface area is 834 Å². The second-order valence-corrected chi connectivity index (χ2v) is 34.0. The first kappa shape index (κ1) is 126. The molecule has 6 rings (SSSR count). The Morgan fingerprint density at radius 3 is 0.803 bits per heavy atom. The third kappa shape index (κ3) is 76.1. The molecule has 2 N–H and O–H groups in total. The van der Waals surface area contributed by atoms with Crippen LogP contribution in [0.2, 0.25) is 0 Å². The fourth-order valence-electron chi connectivity index (χ4n) is 12.1. The maximum atomic E-state index is 11.6. The summed E-state index contributed by atoms with van der Waals surface area (Å²) in [6, 6.07) is 40.3. The predicted molar refractivity (Wildman–Crippen MR) is 570 cm³/mol. The van der Waals surface area contributed by atoms with Gasteiger partial charge in [0.2, 0.25) is 0 Å². The maximum absolute atomic E-state index is 11.6. The number of phenolic OH excluding ortho intramolecular Hbond substituents is 2. The van der Waals surface area contributed by atoms with Gasteiger partial charge >= 0.3 is 23.9 Å². The van der Waals surface area contributed by atoms with Gasteiger partial charge < -0.3 is 48.1 Å². The summed E-state index contributed by atoms with van der Waals surface area (Å²) < 4.78 is 43.4. The number of aromatic hydroxyl groups is 2. The molecule has 16 nitrogen and oxygen atoms in total. The van der Waals surface area contributed by atoms with Crippen LogP contribution in [-0.4, -0.2) is 108 Å². The first-order valence-electron chi connectivity index (χ1n) is 48.6. The zero-order valence-electron chi connectivity index (χ0n) is 81.8. The van der Waals surface area contributed by atoms with Crippen molar-refractivity contribution in [3.63, 3.8) is 0 Å². The molecular weight excluding hydrogens is 1930 g/mol. The van der Waals surface area contributed by atoms with Gasteiger partial charge in [-0.1, -0.05) is 312 Å². The van der Waals surface area contributed by atoms with E-state index in [1.54, 1.807) is 97.1 Å². The number of para-hydroxylation sites is 3. The minimum absolute atomic E-state index is 0.0562. The van der Waals surface area contributed by atoms with Gasteiger partial charge in [-0.05, 0) is 295 Å². The Morgan fingerprint density at radius 2 is 0.515 bits per heavy atom.